The van der Waals surface area contributed by atoms with Crippen LogP contribution in [0.3, 0.4) is 0 Å². The Labute approximate surface area is 56.3 Å². The highest BCUT2D eigenvalue weighted by Crippen LogP contribution is 1.96. The fourth-order valence-electron chi connectivity index (χ4n) is 0.447. The highest BCUT2D eigenvalue weighted by atomic mass is 14.2. The zero-order valence-corrected chi connectivity index (χ0v) is 5.89. The summed E-state index contributed by atoms with van der Waals surface area (Å²) in [5, 5.41) is 8.40. The van der Waals surface area contributed by atoms with E-state index >= 15 is 0 Å². The largest absolute Gasteiger partial charge is 0.193 e. The third-order valence-electron chi connectivity index (χ3n) is 1.01. The van der Waals surface area contributed by atoms with Crippen LogP contribution in [-0.2, 0) is 0 Å². The van der Waals surface area contributed by atoms with Crippen LogP contribution >= 0.6 is 0 Å². The van der Waals surface area contributed by atoms with Gasteiger partial charge in [-0.1, -0.05) is 19.1 Å². The van der Waals surface area contributed by atoms with Crippen molar-refractivity contribution in [1.82, 2.24) is 0 Å². The maximum absolute atomic E-state index is 8.40. The third-order valence-corrected chi connectivity index (χ3v) is 1.01. The fraction of sp³-hybridized carbons (Fsp3) is 0.375. The topological polar surface area (TPSA) is 23.8 Å². The Kier molecular flexibility index (Phi) is 4.53. The van der Waals surface area contributed by atoms with Gasteiger partial charge in [0, 0.05) is 5.57 Å². The van der Waals surface area contributed by atoms with E-state index in [1.54, 1.807) is 0 Å². The van der Waals surface area contributed by atoms with Crippen molar-refractivity contribution in [2.75, 3.05) is 0 Å². The number of nitriles is 1. The van der Waals surface area contributed by atoms with Gasteiger partial charge >= 0.3 is 0 Å². The molecule has 0 rings (SSSR count). The number of rotatable bonds is 2. The molecule has 0 N–H and O–H groups in total. The van der Waals surface area contributed by atoms with Gasteiger partial charge in [0.1, 0.15) is 0 Å². The van der Waals surface area contributed by atoms with E-state index < -0.39 is 0 Å². The van der Waals surface area contributed by atoms with Crippen LogP contribution in [0.4, 0.5) is 0 Å². The van der Waals surface area contributed by atoms with Crippen molar-refractivity contribution in [2.24, 2.45) is 0 Å². The van der Waals surface area contributed by atoms with Gasteiger partial charge in [-0.2, -0.15) is 5.26 Å². The second-order valence-electron chi connectivity index (χ2n) is 1.68. The number of hydrogen-bond acceptors (Lipinski definition) is 1. The first-order valence-electron chi connectivity index (χ1n) is 3.07. The van der Waals surface area contributed by atoms with Gasteiger partial charge in [-0.15, -0.1) is 0 Å². The second-order valence-corrected chi connectivity index (χ2v) is 1.68. The van der Waals surface area contributed by atoms with E-state index in [0.717, 1.165) is 12.0 Å². The van der Waals surface area contributed by atoms with Gasteiger partial charge in [0.05, 0.1) is 6.07 Å². The van der Waals surface area contributed by atoms with Gasteiger partial charge < -0.3 is 0 Å². The normalized spacial score (nSPS) is 11.9. The first kappa shape index (κ1) is 7.97. The van der Waals surface area contributed by atoms with Crippen LogP contribution in [0, 0.1) is 11.3 Å². The second kappa shape index (κ2) is 5.11. The fourth-order valence-corrected chi connectivity index (χ4v) is 0.447. The van der Waals surface area contributed by atoms with Crippen LogP contribution < -0.4 is 0 Å². The lowest BCUT2D eigenvalue weighted by atomic mass is 10.2. The van der Waals surface area contributed by atoms with Gasteiger partial charge in [0.2, 0.25) is 0 Å². The monoisotopic (exact) mass is 121 g/mol. The number of hydrogen-bond donors (Lipinski definition) is 0. The smallest absolute Gasteiger partial charge is 0.0946 e. The molecule has 0 aliphatic carbocycles. The summed E-state index contributed by atoms with van der Waals surface area (Å²) in [5.41, 5.74) is 0.827. The molecular weight excluding hydrogens is 110 g/mol. The summed E-state index contributed by atoms with van der Waals surface area (Å²) in [4.78, 5) is 0. The van der Waals surface area contributed by atoms with Crippen molar-refractivity contribution in [3.8, 4) is 6.07 Å². The van der Waals surface area contributed by atoms with Crippen molar-refractivity contribution in [3.63, 3.8) is 0 Å². The van der Waals surface area contributed by atoms with E-state index in [0.29, 0.717) is 0 Å². The molecule has 48 valence electrons. The summed E-state index contributed by atoms with van der Waals surface area (Å²) in [5.74, 6) is 0. The summed E-state index contributed by atoms with van der Waals surface area (Å²) in [6, 6.07) is 2.10. The molecule has 0 aromatic rings. The van der Waals surface area contributed by atoms with Crippen molar-refractivity contribution in [1.29, 1.82) is 5.26 Å². The number of nitrogens with zero attached hydrogens (tertiary/aromatic N) is 1. The summed E-state index contributed by atoms with van der Waals surface area (Å²) in [7, 11) is 0. The van der Waals surface area contributed by atoms with Crippen molar-refractivity contribution in [2.45, 2.75) is 20.3 Å². The summed E-state index contributed by atoms with van der Waals surface area (Å²) in [6.45, 7) is 3.90. The van der Waals surface area contributed by atoms with Crippen LogP contribution in [-0.4, -0.2) is 0 Å². The summed E-state index contributed by atoms with van der Waals surface area (Å²) < 4.78 is 0. The maximum atomic E-state index is 8.40. The Morgan fingerprint density at radius 1 is 1.67 bits per heavy atom. The first-order chi connectivity index (χ1) is 4.35. The van der Waals surface area contributed by atoms with E-state index in [9.17, 15) is 0 Å². The lowest BCUT2D eigenvalue weighted by Crippen LogP contribution is -1.70. The van der Waals surface area contributed by atoms with Crippen LogP contribution in [0.5, 0.6) is 0 Å². The van der Waals surface area contributed by atoms with Crippen LogP contribution in [0.15, 0.2) is 23.8 Å². The molecule has 0 aromatic heterocycles. The molecule has 0 aliphatic heterocycles. The lowest BCUT2D eigenvalue weighted by Gasteiger charge is -1.83. The highest BCUT2D eigenvalue weighted by Gasteiger charge is 1.83. The third kappa shape index (κ3) is 3.54. The minimum absolute atomic E-state index is 0.820. The molecule has 0 unspecified atom stereocenters. The zero-order chi connectivity index (χ0) is 7.11. The van der Waals surface area contributed by atoms with Crippen molar-refractivity contribution >= 4 is 0 Å². The Morgan fingerprint density at radius 3 is 2.67 bits per heavy atom. The molecular formula is C8H11N. The molecule has 1 nitrogen and oxygen atoms in total. The van der Waals surface area contributed by atoms with Crippen LogP contribution in [0.1, 0.15) is 20.3 Å². The number of allylic oxidation sites excluding steroid dienone is 4. The van der Waals surface area contributed by atoms with Crippen LogP contribution in [0.2, 0.25) is 0 Å². The summed E-state index contributed by atoms with van der Waals surface area (Å²) >= 11 is 0. The SMILES string of the molecule is C/C=C/C=C(/C#N)CC. The van der Waals surface area contributed by atoms with Gasteiger partial charge in [0.15, 0.2) is 0 Å². The Balaban J connectivity index is 3.96. The Bertz CT molecular complexity index is 158. The zero-order valence-electron chi connectivity index (χ0n) is 5.89. The molecule has 0 aliphatic rings. The van der Waals surface area contributed by atoms with E-state index in [1.165, 1.54) is 0 Å². The predicted octanol–water partition coefficient (Wildman–Crippen LogP) is 2.42. The Morgan fingerprint density at radius 2 is 2.33 bits per heavy atom. The average Bonchev–Trinajstić information content (AvgIpc) is 1.91. The van der Waals surface area contributed by atoms with Gasteiger partial charge in [-0.25, -0.2) is 0 Å². The maximum Gasteiger partial charge on any atom is 0.0946 e. The van der Waals surface area contributed by atoms with Crippen LogP contribution in [0.25, 0.3) is 0 Å². The molecule has 0 spiro atoms. The molecule has 0 amide bonds. The molecule has 0 aromatic carbocycles. The molecule has 9 heavy (non-hydrogen) atoms. The van der Waals surface area contributed by atoms with Gasteiger partial charge in [-0.05, 0) is 19.4 Å². The molecule has 0 radical (unpaired) electrons. The Hall–Kier alpha value is -1.03. The van der Waals surface area contributed by atoms with Crippen molar-refractivity contribution in [3.05, 3.63) is 23.8 Å². The molecule has 0 saturated heterocycles. The van der Waals surface area contributed by atoms with Gasteiger partial charge in [-0.3, -0.25) is 0 Å². The van der Waals surface area contributed by atoms with E-state index in [-0.39, 0.29) is 0 Å². The first-order valence-corrected chi connectivity index (χ1v) is 3.07. The molecule has 0 heterocycles. The molecule has 0 fully saturated rings. The quantitative estimate of drug-likeness (QED) is 0.406. The lowest BCUT2D eigenvalue weighted by molar-refractivity contribution is 1.15. The van der Waals surface area contributed by atoms with E-state index in [1.807, 2.05) is 32.1 Å². The van der Waals surface area contributed by atoms with Gasteiger partial charge in [0.25, 0.3) is 0 Å². The minimum Gasteiger partial charge on any atom is -0.193 e. The standard InChI is InChI=1S/C8H11N/c1-3-5-6-8(4-2)7-9/h3,5-6H,4H2,1-2H3/b5-3+,8-6+. The van der Waals surface area contributed by atoms with E-state index in [2.05, 4.69) is 6.07 Å². The van der Waals surface area contributed by atoms with Crippen molar-refractivity contribution < 1.29 is 0 Å². The highest BCUT2D eigenvalue weighted by molar-refractivity contribution is 5.24. The molecule has 1 heteroatoms. The minimum atomic E-state index is 0.820. The summed E-state index contributed by atoms with van der Waals surface area (Å²) in [6.07, 6.45) is 6.44. The van der Waals surface area contributed by atoms with E-state index in [4.69, 9.17) is 5.26 Å². The molecule has 0 bridgehead atoms. The molecule has 0 saturated carbocycles. The predicted molar refractivity (Wildman–Crippen MR) is 38.8 cm³/mol. The average molecular weight is 121 g/mol. The molecule has 0 atom stereocenters.